The fourth-order valence-corrected chi connectivity index (χ4v) is 2.49. The third-order valence-electron chi connectivity index (χ3n) is 3.31. The molecule has 0 saturated heterocycles. The largest absolute Gasteiger partial charge is 0.478 e. The smallest absolute Gasteiger partial charge is 0.336 e. The SMILES string of the molecule is O=C(O)c1cccc2c1CCCN2Cc1ncno1. The molecule has 1 aromatic carbocycles. The van der Waals surface area contributed by atoms with Gasteiger partial charge in [0.05, 0.1) is 12.1 Å². The van der Waals surface area contributed by atoms with Gasteiger partial charge in [-0.1, -0.05) is 11.2 Å². The van der Waals surface area contributed by atoms with Gasteiger partial charge in [0, 0.05) is 12.2 Å². The molecule has 1 aromatic heterocycles. The van der Waals surface area contributed by atoms with Gasteiger partial charge in [0.25, 0.3) is 0 Å². The lowest BCUT2D eigenvalue weighted by Gasteiger charge is -2.30. The number of rotatable bonds is 3. The van der Waals surface area contributed by atoms with Gasteiger partial charge in [0.15, 0.2) is 6.33 Å². The van der Waals surface area contributed by atoms with E-state index in [9.17, 15) is 9.90 Å². The lowest BCUT2D eigenvalue weighted by Crippen LogP contribution is -2.30. The van der Waals surface area contributed by atoms with E-state index in [1.165, 1.54) is 6.33 Å². The Hall–Kier alpha value is -2.37. The lowest BCUT2D eigenvalue weighted by molar-refractivity contribution is 0.0695. The Morgan fingerprint density at radius 3 is 3.11 bits per heavy atom. The molecular weight excluding hydrogens is 246 g/mol. The van der Waals surface area contributed by atoms with Crippen LogP contribution in [0.5, 0.6) is 0 Å². The van der Waals surface area contributed by atoms with Crippen LogP contribution in [0.25, 0.3) is 0 Å². The van der Waals surface area contributed by atoms with E-state index in [-0.39, 0.29) is 0 Å². The Labute approximate surface area is 109 Å². The first-order valence-electron chi connectivity index (χ1n) is 6.11. The zero-order chi connectivity index (χ0) is 13.2. The van der Waals surface area contributed by atoms with Crippen molar-refractivity contribution in [1.29, 1.82) is 0 Å². The molecule has 6 heteroatoms. The summed E-state index contributed by atoms with van der Waals surface area (Å²) in [6.45, 7) is 1.37. The highest BCUT2D eigenvalue weighted by Crippen LogP contribution is 2.30. The van der Waals surface area contributed by atoms with Crippen molar-refractivity contribution in [2.24, 2.45) is 0 Å². The number of benzene rings is 1. The minimum atomic E-state index is -0.878. The average Bonchev–Trinajstić information content (AvgIpc) is 2.91. The van der Waals surface area contributed by atoms with Gasteiger partial charge in [0.1, 0.15) is 0 Å². The van der Waals surface area contributed by atoms with Crippen LogP contribution < -0.4 is 4.90 Å². The van der Waals surface area contributed by atoms with Crippen LogP contribution in [-0.2, 0) is 13.0 Å². The summed E-state index contributed by atoms with van der Waals surface area (Å²) in [5, 5.41) is 12.8. The first-order chi connectivity index (χ1) is 9.25. The van der Waals surface area contributed by atoms with Crippen molar-refractivity contribution in [3.63, 3.8) is 0 Å². The van der Waals surface area contributed by atoms with Crippen LogP contribution in [0, 0.1) is 0 Å². The number of fused-ring (bicyclic) bond motifs is 1. The number of hydrogen-bond donors (Lipinski definition) is 1. The number of hydrogen-bond acceptors (Lipinski definition) is 5. The second-order valence-electron chi connectivity index (χ2n) is 4.47. The number of carboxylic acids is 1. The second kappa shape index (κ2) is 4.72. The highest BCUT2D eigenvalue weighted by molar-refractivity contribution is 5.91. The van der Waals surface area contributed by atoms with E-state index in [1.807, 2.05) is 6.07 Å². The molecule has 19 heavy (non-hydrogen) atoms. The number of nitrogens with zero attached hydrogens (tertiary/aromatic N) is 3. The summed E-state index contributed by atoms with van der Waals surface area (Å²) in [4.78, 5) is 17.3. The molecule has 2 heterocycles. The molecule has 2 aromatic rings. The van der Waals surface area contributed by atoms with Crippen molar-refractivity contribution in [1.82, 2.24) is 10.1 Å². The maximum atomic E-state index is 11.2. The molecule has 0 spiro atoms. The molecule has 0 radical (unpaired) electrons. The van der Waals surface area contributed by atoms with Gasteiger partial charge < -0.3 is 14.5 Å². The number of carboxylic acid groups (broad SMARTS) is 1. The molecule has 6 nitrogen and oxygen atoms in total. The normalized spacial score (nSPS) is 14.2. The third-order valence-corrected chi connectivity index (χ3v) is 3.31. The molecule has 0 atom stereocenters. The summed E-state index contributed by atoms with van der Waals surface area (Å²) in [7, 11) is 0. The first-order valence-corrected chi connectivity index (χ1v) is 6.11. The van der Waals surface area contributed by atoms with Gasteiger partial charge in [0.2, 0.25) is 5.89 Å². The molecule has 0 aliphatic carbocycles. The zero-order valence-corrected chi connectivity index (χ0v) is 10.2. The highest BCUT2D eigenvalue weighted by Gasteiger charge is 2.22. The summed E-state index contributed by atoms with van der Waals surface area (Å²) in [6.07, 6.45) is 3.08. The standard InChI is InChI=1S/C13H13N3O3/c17-13(18)10-3-1-5-11-9(10)4-2-6-16(11)7-12-14-8-15-19-12/h1,3,5,8H,2,4,6-7H2,(H,17,18). The molecule has 0 saturated carbocycles. The van der Waals surface area contributed by atoms with Gasteiger partial charge in [-0.25, -0.2) is 4.79 Å². The average molecular weight is 259 g/mol. The van der Waals surface area contributed by atoms with Crippen LogP contribution in [0.3, 0.4) is 0 Å². The molecule has 3 rings (SSSR count). The predicted molar refractivity (Wildman–Crippen MR) is 67.1 cm³/mol. The van der Waals surface area contributed by atoms with E-state index in [1.54, 1.807) is 12.1 Å². The van der Waals surface area contributed by atoms with Gasteiger partial charge in [-0.2, -0.15) is 4.98 Å². The van der Waals surface area contributed by atoms with Crippen LogP contribution >= 0.6 is 0 Å². The maximum absolute atomic E-state index is 11.2. The fraction of sp³-hybridized carbons (Fsp3) is 0.308. The van der Waals surface area contributed by atoms with E-state index in [0.717, 1.165) is 30.6 Å². The maximum Gasteiger partial charge on any atom is 0.336 e. The molecule has 0 unspecified atom stereocenters. The van der Waals surface area contributed by atoms with Crippen molar-refractivity contribution in [2.75, 3.05) is 11.4 Å². The summed E-state index contributed by atoms with van der Waals surface area (Å²) in [6, 6.07) is 5.36. The Morgan fingerprint density at radius 1 is 1.47 bits per heavy atom. The predicted octanol–water partition coefficient (Wildman–Crippen LogP) is 1.72. The number of aromatic carboxylic acids is 1. The summed E-state index contributed by atoms with van der Waals surface area (Å²) < 4.78 is 5.01. The van der Waals surface area contributed by atoms with Gasteiger partial charge >= 0.3 is 5.97 Å². The lowest BCUT2D eigenvalue weighted by atomic mass is 9.96. The third kappa shape index (κ3) is 2.16. The highest BCUT2D eigenvalue weighted by atomic mass is 16.5. The van der Waals surface area contributed by atoms with Gasteiger partial charge in [-0.05, 0) is 30.5 Å². The van der Waals surface area contributed by atoms with Crippen LogP contribution in [0.4, 0.5) is 5.69 Å². The quantitative estimate of drug-likeness (QED) is 0.904. The van der Waals surface area contributed by atoms with Crippen LogP contribution in [-0.4, -0.2) is 27.8 Å². The van der Waals surface area contributed by atoms with Crippen LogP contribution in [0.2, 0.25) is 0 Å². The molecule has 98 valence electrons. The van der Waals surface area contributed by atoms with E-state index < -0.39 is 5.97 Å². The first kappa shape index (κ1) is 11.7. The summed E-state index contributed by atoms with van der Waals surface area (Å²) >= 11 is 0. The van der Waals surface area contributed by atoms with Gasteiger partial charge in [-0.15, -0.1) is 0 Å². The Bertz CT molecular complexity index is 595. The van der Waals surface area contributed by atoms with E-state index in [4.69, 9.17) is 4.52 Å². The summed E-state index contributed by atoms with van der Waals surface area (Å²) in [5.41, 5.74) is 2.22. The number of carbonyl (C=O) groups is 1. The fourth-order valence-electron chi connectivity index (χ4n) is 2.49. The van der Waals surface area contributed by atoms with E-state index >= 15 is 0 Å². The Balaban J connectivity index is 1.96. The molecule has 1 aliphatic rings. The molecule has 0 bridgehead atoms. The zero-order valence-electron chi connectivity index (χ0n) is 10.2. The number of anilines is 1. The van der Waals surface area contributed by atoms with Crippen LogP contribution in [0.15, 0.2) is 29.0 Å². The van der Waals surface area contributed by atoms with Crippen molar-refractivity contribution < 1.29 is 14.4 Å². The minimum absolute atomic E-state index is 0.382. The molecule has 1 aliphatic heterocycles. The van der Waals surface area contributed by atoms with E-state index in [0.29, 0.717) is 18.0 Å². The molecular formula is C13H13N3O3. The second-order valence-corrected chi connectivity index (χ2v) is 4.47. The summed E-state index contributed by atoms with van der Waals surface area (Å²) in [5.74, 6) is -0.343. The Morgan fingerprint density at radius 2 is 2.37 bits per heavy atom. The molecule has 1 N–H and O–H groups in total. The monoisotopic (exact) mass is 259 g/mol. The van der Waals surface area contributed by atoms with E-state index in [2.05, 4.69) is 15.0 Å². The Kier molecular flexibility index (Phi) is 2.91. The van der Waals surface area contributed by atoms with Crippen molar-refractivity contribution in [2.45, 2.75) is 19.4 Å². The molecule has 0 amide bonds. The van der Waals surface area contributed by atoms with Crippen molar-refractivity contribution in [3.8, 4) is 0 Å². The van der Waals surface area contributed by atoms with Crippen molar-refractivity contribution >= 4 is 11.7 Å². The van der Waals surface area contributed by atoms with Crippen molar-refractivity contribution in [3.05, 3.63) is 41.5 Å². The molecule has 0 fully saturated rings. The topological polar surface area (TPSA) is 79.5 Å². The van der Waals surface area contributed by atoms with Gasteiger partial charge in [-0.3, -0.25) is 0 Å². The minimum Gasteiger partial charge on any atom is -0.478 e. The van der Waals surface area contributed by atoms with Crippen LogP contribution in [0.1, 0.15) is 28.2 Å². The number of aromatic nitrogens is 2.